The lowest BCUT2D eigenvalue weighted by Gasteiger charge is -2.31. The van der Waals surface area contributed by atoms with Crippen LogP contribution < -0.4 is 26.4 Å². The molecule has 206 valence electrons. The van der Waals surface area contributed by atoms with Gasteiger partial charge in [0.1, 0.15) is 18.4 Å². The molecule has 0 bridgehead atoms. The van der Waals surface area contributed by atoms with E-state index in [2.05, 4.69) is 25.3 Å². The van der Waals surface area contributed by atoms with E-state index < -0.39 is 23.9 Å². The van der Waals surface area contributed by atoms with Crippen molar-refractivity contribution in [2.45, 2.75) is 39.3 Å². The van der Waals surface area contributed by atoms with Gasteiger partial charge in [-0.1, -0.05) is 0 Å². The minimum atomic E-state index is -1.01. The fourth-order valence-corrected chi connectivity index (χ4v) is 4.07. The zero-order chi connectivity index (χ0) is 27.9. The number of rotatable bonds is 10. The zero-order valence-corrected chi connectivity index (χ0v) is 21.7. The third kappa shape index (κ3) is 6.58. The van der Waals surface area contributed by atoms with E-state index in [4.69, 9.17) is 25.7 Å². The Hall–Kier alpha value is -4.75. The number of benzene rings is 1. The van der Waals surface area contributed by atoms with Gasteiger partial charge in [0.15, 0.2) is 17.0 Å². The summed E-state index contributed by atoms with van der Waals surface area (Å²) in [7, 11) is 0. The number of amides is 1. The highest BCUT2D eigenvalue weighted by molar-refractivity contribution is 5.98. The summed E-state index contributed by atoms with van der Waals surface area (Å²) in [6.07, 6.45) is 1.60. The molecule has 0 radical (unpaired) electrons. The van der Waals surface area contributed by atoms with Crippen LogP contribution in [0.25, 0.3) is 11.2 Å². The summed E-state index contributed by atoms with van der Waals surface area (Å²) in [5, 5.41) is 2.66. The molecule has 39 heavy (non-hydrogen) atoms. The fraction of sp³-hybridized carbons (Fsp3) is 0.400. The molecule has 0 spiro atoms. The van der Waals surface area contributed by atoms with Crippen LogP contribution in [0.2, 0.25) is 0 Å². The van der Waals surface area contributed by atoms with Gasteiger partial charge in [0.05, 0.1) is 43.9 Å². The van der Waals surface area contributed by atoms with Gasteiger partial charge >= 0.3 is 11.9 Å². The van der Waals surface area contributed by atoms with Crippen molar-refractivity contribution in [2.75, 3.05) is 42.7 Å². The summed E-state index contributed by atoms with van der Waals surface area (Å²) in [5.41, 5.74) is 13.9. The molecule has 3 heterocycles. The topological polar surface area (TPSA) is 198 Å². The van der Waals surface area contributed by atoms with E-state index in [-0.39, 0.29) is 43.4 Å². The quantitative estimate of drug-likeness (QED) is 0.309. The first kappa shape index (κ1) is 27.3. The van der Waals surface area contributed by atoms with Crippen molar-refractivity contribution in [2.24, 2.45) is 0 Å². The van der Waals surface area contributed by atoms with E-state index in [1.54, 1.807) is 38.2 Å². The van der Waals surface area contributed by atoms with Crippen LogP contribution in [-0.2, 0) is 25.6 Å². The molecule has 14 nitrogen and oxygen atoms in total. The number of hydrogen-bond acceptors (Lipinski definition) is 13. The minimum Gasteiger partial charge on any atom is -0.490 e. The average molecular weight is 539 g/mol. The summed E-state index contributed by atoms with van der Waals surface area (Å²) in [5.74, 6) is -0.919. The highest BCUT2D eigenvalue weighted by atomic mass is 16.5. The summed E-state index contributed by atoms with van der Waals surface area (Å²) in [6, 6.07) is 3.98. The molecule has 0 saturated heterocycles. The van der Waals surface area contributed by atoms with Gasteiger partial charge in [0, 0.05) is 12.0 Å². The number of hydrogen-bond donors (Lipinski definition) is 3. The first-order chi connectivity index (χ1) is 18.8. The number of nitrogens with two attached hydrogens (primary N) is 2. The normalized spacial score (nSPS) is 13.2. The predicted octanol–water partition coefficient (Wildman–Crippen LogP) is 0.988. The lowest BCUT2D eigenvalue weighted by molar-refractivity contribution is -0.146. The number of carbonyl (C=O) groups is 3. The van der Waals surface area contributed by atoms with Gasteiger partial charge in [-0.3, -0.25) is 9.59 Å². The third-order valence-corrected chi connectivity index (χ3v) is 5.85. The maximum atomic E-state index is 13.0. The van der Waals surface area contributed by atoms with Gasteiger partial charge in [0.25, 0.3) is 5.91 Å². The second-order valence-electron chi connectivity index (χ2n) is 8.57. The van der Waals surface area contributed by atoms with Crippen molar-refractivity contribution in [3.05, 3.63) is 35.7 Å². The number of fused-ring (bicyclic) bond motifs is 2. The zero-order valence-electron chi connectivity index (χ0n) is 21.7. The predicted molar refractivity (Wildman–Crippen MR) is 141 cm³/mol. The molecule has 1 atom stereocenters. The Labute approximate surface area is 224 Å². The lowest BCUT2D eigenvalue weighted by Crippen LogP contribution is -2.42. The standard InChI is InChI=1S/C25H30N8O6/c1-3-37-19(34)8-6-16(24(36)38-4-2)30-23(35)14-5-7-17-18(11-14)39-10-9-33(17)13-15-12-28-22-20(29-15)21(26)31-25(27)32-22/h5,7,11-12,16H,3-4,6,8-10,13H2,1-2H3,(H,30,35)(H4,26,27,28,31,32)/t16-/m1/s1. The summed E-state index contributed by atoms with van der Waals surface area (Å²) in [4.78, 5) is 56.0. The molecule has 0 aliphatic carbocycles. The molecule has 2 aromatic heterocycles. The smallest absolute Gasteiger partial charge is 0.328 e. The van der Waals surface area contributed by atoms with E-state index in [9.17, 15) is 14.4 Å². The number of nitrogens with zero attached hydrogens (tertiary/aromatic N) is 5. The van der Waals surface area contributed by atoms with Crippen LogP contribution in [0.1, 0.15) is 42.7 Å². The third-order valence-electron chi connectivity index (χ3n) is 5.85. The Kier molecular flexibility index (Phi) is 8.53. The molecule has 1 aliphatic heterocycles. The number of esters is 2. The van der Waals surface area contributed by atoms with Crippen LogP contribution >= 0.6 is 0 Å². The maximum Gasteiger partial charge on any atom is 0.328 e. The number of ether oxygens (including phenoxy) is 3. The Bertz CT molecular complexity index is 1380. The molecule has 0 unspecified atom stereocenters. The Morgan fingerprint density at radius 2 is 1.92 bits per heavy atom. The maximum absolute atomic E-state index is 13.0. The van der Waals surface area contributed by atoms with E-state index in [1.807, 2.05) is 4.90 Å². The largest absolute Gasteiger partial charge is 0.490 e. The highest BCUT2D eigenvalue weighted by Gasteiger charge is 2.26. The molecule has 4 rings (SSSR count). The van der Waals surface area contributed by atoms with Crippen molar-refractivity contribution in [3.8, 4) is 5.75 Å². The Morgan fingerprint density at radius 1 is 1.13 bits per heavy atom. The molecule has 1 amide bonds. The molecule has 1 aliphatic rings. The first-order valence-electron chi connectivity index (χ1n) is 12.5. The van der Waals surface area contributed by atoms with Crippen molar-refractivity contribution in [3.63, 3.8) is 0 Å². The van der Waals surface area contributed by atoms with Crippen LogP contribution in [-0.4, -0.2) is 70.2 Å². The van der Waals surface area contributed by atoms with Gasteiger partial charge in [-0.2, -0.15) is 9.97 Å². The van der Waals surface area contributed by atoms with E-state index in [0.717, 1.165) is 5.69 Å². The number of carbonyl (C=O) groups excluding carboxylic acids is 3. The van der Waals surface area contributed by atoms with Crippen LogP contribution in [0, 0.1) is 0 Å². The van der Waals surface area contributed by atoms with Crippen molar-refractivity contribution >= 4 is 46.5 Å². The van der Waals surface area contributed by atoms with Crippen LogP contribution in [0.3, 0.4) is 0 Å². The van der Waals surface area contributed by atoms with E-state index in [1.165, 1.54) is 0 Å². The Balaban J connectivity index is 1.48. The average Bonchev–Trinajstić information content (AvgIpc) is 2.91. The number of nitrogens with one attached hydrogen (secondary N) is 1. The molecular formula is C25H30N8O6. The molecule has 0 fully saturated rings. The lowest BCUT2D eigenvalue weighted by atomic mass is 10.1. The van der Waals surface area contributed by atoms with Crippen LogP contribution in [0.4, 0.5) is 17.5 Å². The van der Waals surface area contributed by atoms with Crippen LogP contribution in [0.15, 0.2) is 24.4 Å². The second-order valence-corrected chi connectivity index (χ2v) is 8.57. The molecule has 14 heteroatoms. The van der Waals surface area contributed by atoms with Gasteiger partial charge in [-0.25, -0.2) is 14.8 Å². The number of anilines is 3. The molecular weight excluding hydrogens is 508 g/mol. The summed E-state index contributed by atoms with van der Waals surface area (Å²) >= 11 is 0. The summed E-state index contributed by atoms with van der Waals surface area (Å²) < 4.78 is 15.8. The number of nitrogen functional groups attached to an aromatic ring is 2. The summed E-state index contributed by atoms with van der Waals surface area (Å²) in [6.45, 7) is 5.08. The minimum absolute atomic E-state index is 0.0246. The first-order valence-corrected chi connectivity index (χ1v) is 12.5. The van der Waals surface area contributed by atoms with Gasteiger partial charge < -0.3 is 35.9 Å². The fourth-order valence-electron chi connectivity index (χ4n) is 4.07. The van der Waals surface area contributed by atoms with Gasteiger partial charge in [-0.05, 0) is 38.5 Å². The van der Waals surface area contributed by atoms with Crippen molar-refractivity contribution in [1.82, 2.24) is 25.3 Å². The van der Waals surface area contributed by atoms with Gasteiger partial charge in [0.2, 0.25) is 5.95 Å². The molecule has 3 aromatic rings. The molecule has 0 saturated carbocycles. The van der Waals surface area contributed by atoms with E-state index in [0.29, 0.717) is 42.3 Å². The monoisotopic (exact) mass is 538 g/mol. The van der Waals surface area contributed by atoms with Gasteiger partial charge in [-0.15, -0.1) is 0 Å². The Morgan fingerprint density at radius 3 is 2.69 bits per heavy atom. The second kappa shape index (κ2) is 12.2. The molecule has 5 N–H and O–H groups in total. The van der Waals surface area contributed by atoms with Crippen molar-refractivity contribution in [1.29, 1.82) is 0 Å². The highest BCUT2D eigenvalue weighted by Crippen LogP contribution is 2.33. The van der Waals surface area contributed by atoms with Crippen molar-refractivity contribution < 1.29 is 28.6 Å². The van der Waals surface area contributed by atoms with E-state index >= 15 is 0 Å². The van der Waals surface area contributed by atoms with Crippen LogP contribution in [0.5, 0.6) is 5.75 Å². The number of aromatic nitrogens is 4. The molecule has 1 aromatic carbocycles. The SMILES string of the molecule is CCOC(=O)CC[C@@H](NC(=O)c1ccc2c(c1)OCCN2Cc1cnc2nc(N)nc(N)c2n1)C(=O)OCC.